The Morgan fingerprint density at radius 2 is 1.31 bits per heavy atom. The van der Waals surface area contributed by atoms with Crippen molar-refractivity contribution in [2.24, 2.45) is 4.99 Å². The lowest BCUT2D eigenvalue weighted by atomic mass is 9.95. The Bertz CT molecular complexity index is 2130. The predicted molar refractivity (Wildman–Crippen MR) is 203 cm³/mol. The average Bonchev–Trinajstić information content (AvgIpc) is 3.77. The van der Waals surface area contributed by atoms with Crippen molar-refractivity contribution in [2.45, 2.75) is 103 Å². The van der Waals surface area contributed by atoms with Crippen LogP contribution in [0, 0.1) is 0 Å². The number of nitrogens with zero attached hydrogens (tertiary/aromatic N) is 3. The number of aliphatic imine (C=N–C) groups is 1. The zero-order chi connectivity index (χ0) is 36.1. The second-order valence-electron chi connectivity index (χ2n) is 16.1. The third-order valence-electron chi connectivity index (χ3n) is 9.91. The van der Waals surface area contributed by atoms with Gasteiger partial charge in [-0.1, -0.05) is 30.3 Å². The van der Waals surface area contributed by atoms with Crippen molar-refractivity contribution in [2.75, 3.05) is 13.1 Å². The number of benzene rings is 3. The van der Waals surface area contributed by atoms with Crippen LogP contribution < -0.4 is 5.43 Å². The Morgan fingerprint density at radius 1 is 0.725 bits per heavy atom. The molecular weight excluding hydrogens is 640 g/mol. The van der Waals surface area contributed by atoms with E-state index in [1.165, 1.54) is 0 Å². The molecule has 4 heterocycles. The molecule has 266 valence electrons. The molecule has 1 unspecified atom stereocenters. The van der Waals surface area contributed by atoms with Crippen LogP contribution >= 0.6 is 0 Å². The van der Waals surface area contributed by atoms with Crippen LogP contribution in [-0.2, 0) is 9.47 Å². The Hall–Kier alpha value is -4.92. The van der Waals surface area contributed by atoms with Crippen molar-refractivity contribution in [3.8, 4) is 11.1 Å². The van der Waals surface area contributed by atoms with E-state index >= 15 is 0 Å². The van der Waals surface area contributed by atoms with Crippen molar-refractivity contribution in [1.82, 2.24) is 14.8 Å². The number of H-pyrrole nitrogens is 1. The van der Waals surface area contributed by atoms with Gasteiger partial charge in [-0.2, -0.15) is 0 Å². The lowest BCUT2D eigenvalue weighted by molar-refractivity contribution is 0.00896. The molecule has 2 amide bonds. The van der Waals surface area contributed by atoms with Crippen LogP contribution in [0.4, 0.5) is 9.59 Å². The molecule has 0 saturated carbocycles. The van der Waals surface area contributed by atoms with E-state index in [0.717, 1.165) is 82.1 Å². The number of likely N-dealkylation sites (tertiary alicyclic amines) is 2. The van der Waals surface area contributed by atoms with Crippen molar-refractivity contribution < 1.29 is 19.1 Å². The first-order valence-corrected chi connectivity index (χ1v) is 18.2. The van der Waals surface area contributed by atoms with Gasteiger partial charge in [0.2, 0.25) is 0 Å². The molecule has 2 saturated heterocycles. The summed E-state index contributed by atoms with van der Waals surface area (Å²) in [6, 6.07) is 20.2. The van der Waals surface area contributed by atoms with E-state index in [-0.39, 0.29) is 29.7 Å². The summed E-state index contributed by atoms with van der Waals surface area (Å²) in [6.07, 6.45) is 6.52. The normalized spacial score (nSPS) is 19.7. The van der Waals surface area contributed by atoms with Crippen LogP contribution in [0.15, 0.2) is 76.7 Å². The minimum Gasteiger partial charge on any atom is -0.444 e. The standard InChI is InChI=1S/C42H48N4O5/c1-41(2,3)50-39(48)45-18-8-7-10-37(45)35-24-38(47)32-17-16-30(22-33(32)44-35)28-13-12-27-21-29(15-14-26(27)20-28)31-23-34(43-25-31)36-11-9-19-46(36)40(49)51-42(4,5)6/h12-17,20-22,24-25,36-37H,7-11,18-19,23H2,1-6H3,(H,44,47)/t36-,37?/m0/s1. The fourth-order valence-corrected chi connectivity index (χ4v) is 7.53. The topological polar surface area (TPSA) is 104 Å². The summed E-state index contributed by atoms with van der Waals surface area (Å²) in [5.74, 6) is 0. The van der Waals surface area contributed by atoms with Crippen LogP contribution in [0.1, 0.15) is 97.4 Å². The monoisotopic (exact) mass is 688 g/mol. The summed E-state index contributed by atoms with van der Waals surface area (Å²) in [5.41, 5.74) is 5.61. The number of ether oxygens (including phenoxy) is 2. The highest BCUT2D eigenvalue weighted by Gasteiger charge is 2.36. The molecule has 3 aromatic carbocycles. The van der Waals surface area contributed by atoms with Gasteiger partial charge in [-0.05, 0) is 131 Å². The van der Waals surface area contributed by atoms with Crippen molar-refractivity contribution in [1.29, 1.82) is 0 Å². The first-order chi connectivity index (χ1) is 24.2. The number of aromatic amines is 1. The van der Waals surface area contributed by atoms with E-state index in [9.17, 15) is 14.4 Å². The number of allylic oxidation sites excluding steroid dienone is 1. The van der Waals surface area contributed by atoms with Gasteiger partial charge < -0.3 is 14.5 Å². The lowest BCUT2D eigenvalue weighted by Crippen LogP contribution is -2.43. The van der Waals surface area contributed by atoms with Gasteiger partial charge in [0, 0.05) is 48.6 Å². The lowest BCUT2D eigenvalue weighted by Gasteiger charge is -2.36. The Labute approximate surface area is 299 Å². The highest BCUT2D eigenvalue weighted by Crippen LogP contribution is 2.35. The predicted octanol–water partition coefficient (Wildman–Crippen LogP) is 9.40. The molecule has 2 fully saturated rings. The third-order valence-corrected chi connectivity index (χ3v) is 9.91. The van der Waals surface area contributed by atoms with E-state index in [1.807, 2.05) is 70.8 Å². The summed E-state index contributed by atoms with van der Waals surface area (Å²) in [4.78, 5) is 51.2. The van der Waals surface area contributed by atoms with Crippen molar-refractivity contribution >= 4 is 45.1 Å². The molecule has 51 heavy (non-hydrogen) atoms. The van der Waals surface area contributed by atoms with E-state index in [0.29, 0.717) is 24.9 Å². The van der Waals surface area contributed by atoms with E-state index in [1.54, 1.807) is 11.0 Å². The highest BCUT2D eigenvalue weighted by molar-refractivity contribution is 6.03. The van der Waals surface area contributed by atoms with Crippen molar-refractivity contribution in [3.63, 3.8) is 0 Å². The van der Waals surface area contributed by atoms with Gasteiger partial charge in [0.15, 0.2) is 5.43 Å². The summed E-state index contributed by atoms with van der Waals surface area (Å²) < 4.78 is 11.4. The maximum Gasteiger partial charge on any atom is 0.410 e. The molecule has 3 aliphatic rings. The maximum atomic E-state index is 13.3. The highest BCUT2D eigenvalue weighted by atomic mass is 16.6. The number of hydrogen-bond donors (Lipinski definition) is 1. The molecule has 0 aliphatic carbocycles. The van der Waals surface area contributed by atoms with E-state index in [2.05, 4.69) is 41.4 Å². The van der Waals surface area contributed by atoms with Gasteiger partial charge in [-0.15, -0.1) is 0 Å². The number of carbonyl (C=O) groups is 2. The van der Waals surface area contributed by atoms with E-state index < -0.39 is 11.2 Å². The maximum absolute atomic E-state index is 13.3. The van der Waals surface area contributed by atoms with Gasteiger partial charge >= 0.3 is 12.2 Å². The van der Waals surface area contributed by atoms with Gasteiger partial charge in [0.05, 0.1) is 17.6 Å². The number of aromatic nitrogens is 1. The van der Waals surface area contributed by atoms with Crippen LogP contribution in [0.25, 0.3) is 38.4 Å². The molecule has 2 atom stereocenters. The molecule has 9 nitrogen and oxygen atoms in total. The smallest absolute Gasteiger partial charge is 0.410 e. The second kappa shape index (κ2) is 13.3. The summed E-state index contributed by atoms with van der Waals surface area (Å²) in [5, 5.41) is 2.85. The molecule has 4 aromatic rings. The Balaban J connectivity index is 1.10. The molecule has 3 aliphatic heterocycles. The van der Waals surface area contributed by atoms with Gasteiger partial charge in [0.25, 0.3) is 0 Å². The number of hydrogen-bond acceptors (Lipinski definition) is 6. The minimum absolute atomic E-state index is 0.0313. The number of piperidine rings is 1. The molecule has 9 heteroatoms. The Morgan fingerprint density at radius 3 is 2.02 bits per heavy atom. The van der Waals surface area contributed by atoms with Crippen LogP contribution in [0.5, 0.6) is 0 Å². The zero-order valence-electron chi connectivity index (χ0n) is 30.5. The summed E-state index contributed by atoms with van der Waals surface area (Å²) in [6.45, 7) is 12.6. The third kappa shape index (κ3) is 7.43. The molecular formula is C42H48N4O5. The molecule has 0 spiro atoms. The molecule has 1 aromatic heterocycles. The van der Waals surface area contributed by atoms with Crippen LogP contribution in [0.2, 0.25) is 0 Å². The zero-order valence-corrected chi connectivity index (χ0v) is 30.5. The number of fused-ring (bicyclic) bond motifs is 2. The largest absolute Gasteiger partial charge is 0.444 e. The fraction of sp³-hybridized carbons (Fsp3) is 0.429. The molecule has 7 rings (SSSR count). The summed E-state index contributed by atoms with van der Waals surface area (Å²) >= 11 is 0. The molecule has 0 radical (unpaired) electrons. The van der Waals surface area contributed by atoms with Gasteiger partial charge in [-0.3, -0.25) is 19.6 Å². The fourth-order valence-electron chi connectivity index (χ4n) is 7.53. The number of carbonyl (C=O) groups excluding carboxylic acids is 2. The number of rotatable bonds is 4. The summed E-state index contributed by atoms with van der Waals surface area (Å²) in [7, 11) is 0. The number of amides is 2. The van der Waals surface area contributed by atoms with E-state index in [4.69, 9.17) is 14.5 Å². The van der Waals surface area contributed by atoms with Gasteiger partial charge in [-0.25, -0.2) is 9.59 Å². The SMILES string of the molecule is CC(C)(C)OC(=O)N1CCCCC1c1cc(=O)c2ccc(-c3ccc4cc(C5=CN=C([C@@H]6CCCN6C(=O)OC(C)(C)C)C5)ccc4c3)cc2[nH]1. The van der Waals surface area contributed by atoms with Crippen LogP contribution in [-0.4, -0.2) is 63.0 Å². The van der Waals surface area contributed by atoms with Crippen molar-refractivity contribution in [3.05, 3.63) is 88.3 Å². The average molecular weight is 689 g/mol. The quantitative estimate of drug-likeness (QED) is 0.230. The molecule has 0 bridgehead atoms. The first kappa shape index (κ1) is 34.5. The molecule has 1 N–H and O–H groups in total. The number of pyridine rings is 1. The minimum atomic E-state index is -0.597. The van der Waals surface area contributed by atoms with Crippen LogP contribution in [0.3, 0.4) is 0 Å². The van der Waals surface area contributed by atoms with Gasteiger partial charge in [0.1, 0.15) is 11.2 Å². The number of nitrogens with one attached hydrogen (secondary N) is 1. The first-order valence-electron chi connectivity index (χ1n) is 18.2. The Kier molecular flexibility index (Phi) is 9.02. The second-order valence-corrected chi connectivity index (χ2v) is 16.1.